The number of tetrazole rings is 1. The summed E-state index contributed by atoms with van der Waals surface area (Å²) in [6, 6.07) is 12.4. The lowest BCUT2D eigenvalue weighted by Crippen LogP contribution is -2.48. The smallest absolute Gasteiger partial charge is 0.336 e. The molecule has 10 heteroatoms. The van der Waals surface area contributed by atoms with E-state index in [2.05, 4.69) is 20.4 Å². The summed E-state index contributed by atoms with van der Waals surface area (Å²) in [6.45, 7) is 4.50. The SMILES string of the molecule is Cc1ccc(-n2nnnc2CN2CCN(C(=O)c3cccc(C(F)(F)F)c3)CC2)cc1. The van der Waals surface area contributed by atoms with Crippen molar-refractivity contribution in [2.24, 2.45) is 0 Å². The van der Waals surface area contributed by atoms with E-state index in [0.29, 0.717) is 38.5 Å². The lowest BCUT2D eigenvalue weighted by atomic mass is 10.1. The molecule has 0 unspecified atom stereocenters. The Morgan fingerprint density at radius 3 is 2.42 bits per heavy atom. The van der Waals surface area contributed by atoms with Crippen molar-refractivity contribution >= 4 is 5.91 Å². The third-order valence-corrected chi connectivity index (χ3v) is 5.27. The molecule has 1 amide bonds. The van der Waals surface area contributed by atoms with E-state index in [9.17, 15) is 18.0 Å². The normalized spacial score (nSPS) is 15.3. The van der Waals surface area contributed by atoms with E-state index in [4.69, 9.17) is 0 Å². The molecule has 0 N–H and O–H groups in total. The van der Waals surface area contributed by atoms with Crippen LogP contribution in [0.3, 0.4) is 0 Å². The number of hydrogen-bond acceptors (Lipinski definition) is 5. The summed E-state index contributed by atoms with van der Waals surface area (Å²) >= 11 is 0. The molecule has 0 atom stereocenters. The zero-order chi connectivity index (χ0) is 22.0. The van der Waals surface area contributed by atoms with Crippen molar-refractivity contribution in [3.63, 3.8) is 0 Å². The summed E-state index contributed by atoms with van der Waals surface area (Å²) in [5, 5.41) is 12.0. The summed E-state index contributed by atoms with van der Waals surface area (Å²) in [6.07, 6.45) is -4.48. The van der Waals surface area contributed by atoms with E-state index in [0.717, 1.165) is 23.4 Å². The van der Waals surface area contributed by atoms with Gasteiger partial charge in [0, 0.05) is 31.7 Å². The fourth-order valence-corrected chi connectivity index (χ4v) is 3.51. The second-order valence-corrected chi connectivity index (χ2v) is 7.49. The molecule has 0 saturated carbocycles. The molecular weight excluding hydrogens is 409 g/mol. The molecule has 162 valence electrons. The second-order valence-electron chi connectivity index (χ2n) is 7.49. The first-order valence-electron chi connectivity index (χ1n) is 9.84. The minimum absolute atomic E-state index is 0.0478. The van der Waals surface area contributed by atoms with Gasteiger partial charge in [-0.05, 0) is 47.7 Å². The molecule has 1 aliphatic rings. The summed E-state index contributed by atoms with van der Waals surface area (Å²) in [4.78, 5) is 16.4. The van der Waals surface area contributed by atoms with Crippen molar-refractivity contribution < 1.29 is 18.0 Å². The minimum Gasteiger partial charge on any atom is -0.336 e. The summed E-state index contributed by atoms with van der Waals surface area (Å²) < 4.78 is 40.5. The van der Waals surface area contributed by atoms with Gasteiger partial charge < -0.3 is 4.90 Å². The van der Waals surface area contributed by atoms with Gasteiger partial charge in [0.15, 0.2) is 5.82 Å². The van der Waals surface area contributed by atoms with Gasteiger partial charge in [-0.15, -0.1) is 5.10 Å². The molecule has 31 heavy (non-hydrogen) atoms. The first-order chi connectivity index (χ1) is 14.8. The summed E-state index contributed by atoms with van der Waals surface area (Å²) in [5.74, 6) is 0.289. The average Bonchev–Trinajstić information content (AvgIpc) is 3.22. The lowest BCUT2D eigenvalue weighted by molar-refractivity contribution is -0.137. The van der Waals surface area contributed by atoms with E-state index in [1.54, 1.807) is 9.58 Å². The van der Waals surface area contributed by atoms with Gasteiger partial charge in [0.25, 0.3) is 5.91 Å². The highest BCUT2D eigenvalue weighted by atomic mass is 19.4. The Labute approximate surface area is 177 Å². The van der Waals surface area contributed by atoms with Crippen LogP contribution in [-0.2, 0) is 12.7 Å². The van der Waals surface area contributed by atoms with Gasteiger partial charge in [-0.3, -0.25) is 9.69 Å². The van der Waals surface area contributed by atoms with Crippen molar-refractivity contribution in [2.45, 2.75) is 19.6 Å². The molecule has 2 heterocycles. The molecular formula is C21H21F3N6O. The number of piperazine rings is 1. The molecule has 0 spiro atoms. The van der Waals surface area contributed by atoms with Gasteiger partial charge in [0.1, 0.15) is 0 Å². The van der Waals surface area contributed by atoms with E-state index in [-0.39, 0.29) is 5.56 Å². The Morgan fingerprint density at radius 2 is 1.74 bits per heavy atom. The zero-order valence-electron chi connectivity index (χ0n) is 16.9. The van der Waals surface area contributed by atoms with Crippen molar-refractivity contribution in [2.75, 3.05) is 26.2 Å². The van der Waals surface area contributed by atoms with Crippen LogP contribution in [0.4, 0.5) is 13.2 Å². The summed E-state index contributed by atoms with van der Waals surface area (Å²) in [5.41, 5.74) is 1.23. The van der Waals surface area contributed by atoms with E-state index in [1.165, 1.54) is 12.1 Å². The molecule has 0 radical (unpaired) electrons. The van der Waals surface area contributed by atoms with Crippen LogP contribution < -0.4 is 0 Å². The fraction of sp³-hybridized carbons (Fsp3) is 0.333. The Kier molecular flexibility index (Phi) is 5.73. The number of aryl methyl sites for hydroxylation is 1. The number of carbonyl (C=O) groups excluding carboxylic acids is 1. The lowest BCUT2D eigenvalue weighted by Gasteiger charge is -2.34. The number of hydrogen-bond donors (Lipinski definition) is 0. The monoisotopic (exact) mass is 430 g/mol. The predicted octanol–water partition coefficient (Wildman–Crippen LogP) is 2.95. The van der Waals surface area contributed by atoms with Crippen molar-refractivity contribution in [3.05, 3.63) is 71.0 Å². The number of amides is 1. The molecule has 1 aliphatic heterocycles. The highest BCUT2D eigenvalue weighted by Gasteiger charge is 2.31. The number of rotatable bonds is 4. The average molecular weight is 430 g/mol. The Bertz CT molecular complexity index is 1060. The van der Waals surface area contributed by atoms with E-state index >= 15 is 0 Å². The van der Waals surface area contributed by atoms with Gasteiger partial charge in [0.05, 0.1) is 17.8 Å². The van der Waals surface area contributed by atoms with E-state index < -0.39 is 17.6 Å². The minimum atomic E-state index is -4.48. The van der Waals surface area contributed by atoms with Crippen LogP contribution in [0.2, 0.25) is 0 Å². The van der Waals surface area contributed by atoms with Crippen molar-refractivity contribution in [1.82, 2.24) is 30.0 Å². The molecule has 2 aromatic carbocycles. The maximum atomic E-state index is 12.9. The van der Waals surface area contributed by atoms with Crippen molar-refractivity contribution in [3.8, 4) is 5.69 Å². The third kappa shape index (κ3) is 4.74. The van der Waals surface area contributed by atoms with Crippen LogP contribution in [0.1, 0.15) is 27.3 Å². The quantitative estimate of drug-likeness (QED) is 0.637. The van der Waals surface area contributed by atoms with Crippen LogP contribution in [0.25, 0.3) is 5.69 Å². The van der Waals surface area contributed by atoms with E-state index in [1.807, 2.05) is 31.2 Å². The first kappa shape index (κ1) is 21.0. The standard InChI is InChI=1S/C21H21F3N6O/c1-15-5-7-18(8-6-15)30-19(25-26-27-30)14-28-9-11-29(12-10-28)20(31)16-3-2-4-17(13-16)21(22,23)24/h2-8,13H,9-12,14H2,1H3. The number of alkyl halides is 3. The summed E-state index contributed by atoms with van der Waals surface area (Å²) in [7, 11) is 0. The van der Waals surface area contributed by atoms with Crippen LogP contribution in [0.5, 0.6) is 0 Å². The topological polar surface area (TPSA) is 67.2 Å². The van der Waals surface area contributed by atoms with Crippen molar-refractivity contribution in [1.29, 1.82) is 0 Å². The zero-order valence-corrected chi connectivity index (χ0v) is 16.9. The van der Waals surface area contributed by atoms with Gasteiger partial charge in [-0.25, -0.2) is 0 Å². The highest BCUT2D eigenvalue weighted by Crippen LogP contribution is 2.29. The fourth-order valence-electron chi connectivity index (χ4n) is 3.51. The molecule has 4 rings (SSSR count). The number of carbonyl (C=O) groups is 1. The number of nitrogens with zero attached hydrogens (tertiary/aromatic N) is 6. The first-order valence-corrected chi connectivity index (χ1v) is 9.84. The van der Waals surface area contributed by atoms with Crippen LogP contribution in [0.15, 0.2) is 48.5 Å². The Hall–Kier alpha value is -3.27. The highest BCUT2D eigenvalue weighted by molar-refractivity contribution is 5.94. The van der Waals surface area contributed by atoms with Gasteiger partial charge in [0.2, 0.25) is 0 Å². The molecule has 7 nitrogen and oxygen atoms in total. The molecule has 1 saturated heterocycles. The number of aromatic nitrogens is 4. The molecule has 1 aromatic heterocycles. The van der Waals surface area contributed by atoms with Gasteiger partial charge in [-0.1, -0.05) is 23.8 Å². The largest absolute Gasteiger partial charge is 0.416 e. The maximum absolute atomic E-state index is 12.9. The van der Waals surface area contributed by atoms with Gasteiger partial charge >= 0.3 is 6.18 Å². The molecule has 3 aromatic rings. The second kappa shape index (κ2) is 8.46. The van der Waals surface area contributed by atoms with Crippen LogP contribution >= 0.6 is 0 Å². The van der Waals surface area contributed by atoms with Crippen LogP contribution in [0, 0.1) is 6.92 Å². The van der Waals surface area contributed by atoms with Gasteiger partial charge in [-0.2, -0.15) is 17.9 Å². The third-order valence-electron chi connectivity index (χ3n) is 5.27. The van der Waals surface area contributed by atoms with Crippen LogP contribution in [-0.4, -0.2) is 62.1 Å². The molecule has 1 fully saturated rings. The molecule has 0 bridgehead atoms. The number of benzene rings is 2. The predicted molar refractivity (Wildman–Crippen MR) is 107 cm³/mol. The Balaban J connectivity index is 1.38. The molecule has 0 aliphatic carbocycles. The Morgan fingerprint density at radius 1 is 1.03 bits per heavy atom. The number of halogens is 3. The maximum Gasteiger partial charge on any atom is 0.416 e.